The Labute approximate surface area is 73.5 Å². The van der Waals surface area contributed by atoms with Crippen LogP contribution in [0.5, 0.6) is 0 Å². The Morgan fingerprint density at radius 2 is 1.82 bits per heavy atom. The average Bonchev–Trinajstić information content (AvgIpc) is 1.87. The highest BCUT2D eigenvalue weighted by Crippen LogP contribution is 2.10. The minimum absolute atomic E-state index is 0.332. The van der Waals surface area contributed by atoms with Crippen molar-refractivity contribution < 1.29 is 9.84 Å². The zero-order valence-corrected chi connectivity index (χ0v) is 7.97. The van der Waals surface area contributed by atoms with Crippen LogP contribution in [0.1, 0.15) is 39.5 Å². The van der Waals surface area contributed by atoms with Gasteiger partial charge in [0.15, 0.2) is 6.29 Å². The van der Waals surface area contributed by atoms with E-state index in [0.29, 0.717) is 6.42 Å². The highest BCUT2D eigenvalue weighted by atomic mass is 35.5. The number of alkyl halides is 1. The lowest BCUT2D eigenvalue weighted by Gasteiger charge is -2.14. The monoisotopic (exact) mass is 180 g/mol. The SMILES string of the molecule is CCCC(O)OC(Cl)CCC. The summed E-state index contributed by atoms with van der Waals surface area (Å²) in [6, 6.07) is 0. The van der Waals surface area contributed by atoms with Gasteiger partial charge in [-0.2, -0.15) is 0 Å². The van der Waals surface area contributed by atoms with Crippen molar-refractivity contribution in [2.75, 3.05) is 0 Å². The first-order valence-electron chi connectivity index (χ1n) is 4.18. The molecule has 2 atom stereocenters. The van der Waals surface area contributed by atoms with Crippen LogP contribution in [0.25, 0.3) is 0 Å². The third-order valence-electron chi connectivity index (χ3n) is 1.36. The number of hydrogen-bond donors (Lipinski definition) is 1. The molecule has 2 unspecified atom stereocenters. The van der Waals surface area contributed by atoms with E-state index in [-0.39, 0.29) is 5.56 Å². The molecule has 0 aromatic carbocycles. The standard InChI is InChI=1S/C8H17ClO2/c1-3-5-7(9)11-8(10)6-4-2/h7-8,10H,3-6H2,1-2H3. The van der Waals surface area contributed by atoms with Crippen molar-refractivity contribution in [3.8, 4) is 0 Å². The van der Waals surface area contributed by atoms with Crippen LogP contribution in [0.3, 0.4) is 0 Å². The van der Waals surface area contributed by atoms with Crippen LogP contribution in [0.4, 0.5) is 0 Å². The molecule has 0 aromatic heterocycles. The molecule has 0 aromatic rings. The van der Waals surface area contributed by atoms with Crippen LogP contribution >= 0.6 is 11.6 Å². The Morgan fingerprint density at radius 1 is 1.27 bits per heavy atom. The summed E-state index contributed by atoms with van der Waals surface area (Å²) in [7, 11) is 0. The number of hydrogen-bond acceptors (Lipinski definition) is 2. The van der Waals surface area contributed by atoms with Crippen molar-refractivity contribution in [2.45, 2.75) is 51.4 Å². The first-order valence-corrected chi connectivity index (χ1v) is 4.61. The third-order valence-corrected chi connectivity index (χ3v) is 1.68. The fraction of sp³-hybridized carbons (Fsp3) is 1.00. The molecule has 0 fully saturated rings. The number of halogens is 1. The topological polar surface area (TPSA) is 29.5 Å². The highest BCUT2D eigenvalue weighted by molar-refractivity contribution is 6.19. The van der Waals surface area contributed by atoms with Gasteiger partial charge < -0.3 is 9.84 Å². The van der Waals surface area contributed by atoms with Gasteiger partial charge in [0, 0.05) is 0 Å². The van der Waals surface area contributed by atoms with E-state index in [1.54, 1.807) is 0 Å². The summed E-state index contributed by atoms with van der Waals surface area (Å²) in [4.78, 5) is 0. The van der Waals surface area contributed by atoms with Gasteiger partial charge in [-0.1, -0.05) is 38.3 Å². The van der Waals surface area contributed by atoms with E-state index >= 15 is 0 Å². The van der Waals surface area contributed by atoms with E-state index in [1.165, 1.54) is 0 Å². The fourth-order valence-electron chi connectivity index (χ4n) is 0.780. The van der Waals surface area contributed by atoms with Crippen molar-refractivity contribution in [3.63, 3.8) is 0 Å². The van der Waals surface area contributed by atoms with Crippen LogP contribution in [0.15, 0.2) is 0 Å². The first kappa shape index (κ1) is 11.2. The second-order valence-corrected chi connectivity index (χ2v) is 3.06. The lowest BCUT2D eigenvalue weighted by molar-refractivity contribution is -0.117. The van der Waals surface area contributed by atoms with E-state index < -0.39 is 6.29 Å². The fourth-order valence-corrected chi connectivity index (χ4v) is 1.12. The number of aliphatic hydroxyl groups excluding tert-OH is 1. The van der Waals surface area contributed by atoms with Crippen LogP contribution in [0.2, 0.25) is 0 Å². The minimum Gasteiger partial charge on any atom is -0.368 e. The Hall–Kier alpha value is 0.210. The normalized spacial score (nSPS) is 16.4. The zero-order chi connectivity index (χ0) is 8.69. The predicted molar refractivity (Wildman–Crippen MR) is 46.5 cm³/mol. The van der Waals surface area contributed by atoms with E-state index in [4.69, 9.17) is 21.4 Å². The predicted octanol–water partition coefficient (Wildman–Crippen LogP) is 2.49. The van der Waals surface area contributed by atoms with Crippen LogP contribution in [0, 0.1) is 0 Å². The van der Waals surface area contributed by atoms with Crippen molar-refractivity contribution in [1.82, 2.24) is 0 Å². The lowest BCUT2D eigenvalue weighted by atomic mass is 10.3. The molecule has 0 saturated heterocycles. The Kier molecular flexibility index (Phi) is 7.02. The minimum atomic E-state index is -0.686. The van der Waals surface area contributed by atoms with Crippen molar-refractivity contribution >= 4 is 11.6 Å². The molecule has 0 rings (SSSR count). The molecule has 0 aliphatic carbocycles. The smallest absolute Gasteiger partial charge is 0.156 e. The number of rotatable bonds is 6. The molecule has 2 nitrogen and oxygen atoms in total. The summed E-state index contributed by atoms with van der Waals surface area (Å²) in [5, 5.41) is 9.14. The van der Waals surface area contributed by atoms with E-state index in [2.05, 4.69) is 0 Å². The van der Waals surface area contributed by atoms with Crippen molar-refractivity contribution in [1.29, 1.82) is 0 Å². The third kappa shape index (κ3) is 6.60. The number of aliphatic hydroxyl groups is 1. The molecule has 0 heterocycles. The van der Waals surface area contributed by atoms with Gasteiger partial charge in [0.05, 0.1) is 0 Å². The lowest BCUT2D eigenvalue weighted by Crippen LogP contribution is -2.17. The molecule has 1 N–H and O–H groups in total. The molecular formula is C8H17ClO2. The van der Waals surface area contributed by atoms with Crippen LogP contribution in [-0.4, -0.2) is 17.0 Å². The molecule has 0 radical (unpaired) electrons. The maximum atomic E-state index is 9.14. The van der Waals surface area contributed by atoms with Gasteiger partial charge in [0.2, 0.25) is 0 Å². The summed E-state index contributed by atoms with van der Waals surface area (Å²) in [5.41, 5.74) is -0.332. The van der Waals surface area contributed by atoms with Gasteiger partial charge in [-0.25, -0.2) is 0 Å². The van der Waals surface area contributed by atoms with Gasteiger partial charge in [0.1, 0.15) is 5.56 Å². The Bertz CT molecular complexity index is 78.2. The van der Waals surface area contributed by atoms with Crippen molar-refractivity contribution in [2.24, 2.45) is 0 Å². The molecule has 0 amide bonds. The summed E-state index contributed by atoms with van der Waals surface area (Å²) < 4.78 is 5.05. The van der Waals surface area contributed by atoms with Gasteiger partial charge >= 0.3 is 0 Å². The highest BCUT2D eigenvalue weighted by Gasteiger charge is 2.09. The maximum absolute atomic E-state index is 9.14. The van der Waals surface area contributed by atoms with Gasteiger partial charge in [0.25, 0.3) is 0 Å². The maximum Gasteiger partial charge on any atom is 0.156 e. The quantitative estimate of drug-likeness (QED) is 0.503. The molecule has 3 heteroatoms. The van der Waals surface area contributed by atoms with E-state index in [0.717, 1.165) is 19.3 Å². The van der Waals surface area contributed by atoms with Crippen molar-refractivity contribution in [3.05, 3.63) is 0 Å². The second-order valence-electron chi connectivity index (χ2n) is 2.58. The van der Waals surface area contributed by atoms with Gasteiger partial charge in [-0.05, 0) is 12.8 Å². The molecular weight excluding hydrogens is 164 g/mol. The molecule has 0 saturated carbocycles. The largest absolute Gasteiger partial charge is 0.368 e. The zero-order valence-electron chi connectivity index (χ0n) is 7.22. The molecule has 11 heavy (non-hydrogen) atoms. The Morgan fingerprint density at radius 3 is 2.27 bits per heavy atom. The van der Waals surface area contributed by atoms with E-state index in [1.807, 2.05) is 13.8 Å². The summed E-state index contributed by atoms with van der Waals surface area (Å²) >= 11 is 5.73. The van der Waals surface area contributed by atoms with E-state index in [9.17, 15) is 0 Å². The Balaban J connectivity index is 3.32. The van der Waals surface area contributed by atoms with Gasteiger partial charge in [-0.3, -0.25) is 0 Å². The molecule has 0 spiro atoms. The number of ether oxygens (including phenoxy) is 1. The molecule has 0 aliphatic heterocycles. The molecule has 0 aliphatic rings. The second kappa shape index (κ2) is 6.89. The average molecular weight is 181 g/mol. The molecule has 68 valence electrons. The summed E-state index contributed by atoms with van der Waals surface area (Å²) in [5.74, 6) is 0. The first-order chi connectivity index (χ1) is 5.20. The molecule has 0 bridgehead atoms. The summed E-state index contributed by atoms with van der Waals surface area (Å²) in [6.07, 6.45) is 2.66. The van der Waals surface area contributed by atoms with Crippen LogP contribution in [-0.2, 0) is 4.74 Å². The summed E-state index contributed by atoms with van der Waals surface area (Å²) in [6.45, 7) is 4.03. The van der Waals surface area contributed by atoms with Crippen LogP contribution < -0.4 is 0 Å². The van der Waals surface area contributed by atoms with Gasteiger partial charge in [-0.15, -0.1) is 0 Å².